The maximum Gasteiger partial charge on any atom is 0.262 e. The number of hydrogen-bond acceptors (Lipinski definition) is 8. The van der Waals surface area contributed by atoms with E-state index in [0.717, 1.165) is 23.5 Å². The molecular weight excluding hydrogens is 588 g/mol. The van der Waals surface area contributed by atoms with E-state index in [1.807, 2.05) is 0 Å². The number of nitrogens with one attached hydrogen (secondary N) is 1. The van der Waals surface area contributed by atoms with Crippen molar-refractivity contribution >= 4 is 44.7 Å². The van der Waals surface area contributed by atoms with Crippen LogP contribution in [0.4, 0.5) is 14.5 Å². The molecule has 0 spiro atoms. The Balaban J connectivity index is 1.44. The van der Waals surface area contributed by atoms with E-state index in [1.165, 1.54) is 23.1 Å². The van der Waals surface area contributed by atoms with Crippen LogP contribution >= 0.6 is 11.3 Å². The Bertz CT molecular complexity index is 1880. The molecule has 1 aliphatic carbocycles. The number of piperidine rings is 1. The summed E-state index contributed by atoms with van der Waals surface area (Å²) >= 11 is 1.07. The monoisotopic (exact) mass is 617 g/mol. The number of nitrogen functional groups attached to an aromatic ring is 1. The molecule has 226 valence electrons. The Labute approximate surface area is 254 Å². The van der Waals surface area contributed by atoms with Gasteiger partial charge < -0.3 is 32.5 Å². The number of amides is 2. The molecule has 2 amide bonds. The summed E-state index contributed by atoms with van der Waals surface area (Å²) in [6.45, 7) is 3.77. The Hall–Kier alpha value is -4.49. The van der Waals surface area contributed by atoms with Gasteiger partial charge in [-0.25, -0.2) is 8.78 Å². The predicted molar refractivity (Wildman–Crippen MR) is 164 cm³/mol. The van der Waals surface area contributed by atoms with Gasteiger partial charge in [0.15, 0.2) is 17.4 Å². The number of nitrogens with two attached hydrogens (primary N) is 3. The van der Waals surface area contributed by atoms with Crippen LogP contribution in [0.15, 0.2) is 67.3 Å². The van der Waals surface area contributed by atoms with Crippen LogP contribution in [0, 0.1) is 11.6 Å². The van der Waals surface area contributed by atoms with Crippen LogP contribution in [-0.2, 0) is 15.1 Å². The fourth-order valence-electron chi connectivity index (χ4n) is 6.24. The van der Waals surface area contributed by atoms with Gasteiger partial charge in [-0.05, 0) is 47.4 Å². The van der Waals surface area contributed by atoms with Gasteiger partial charge in [0, 0.05) is 41.3 Å². The van der Waals surface area contributed by atoms with E-state index < -0.39 is 47.1 Å². The van der Waals surface area contributed by atoms with Crippen molar-refractivity contribution in [2.45, 2.75) is 30.1 Å². The van der Waals surface area contributed by atoms with Crippen molar-refractivity contribution in [3.8, 4) is 11.1 Å². The zero-order chi connectivity index (χ0) is 31.5. The van der Waals surface area contributed by atoms with Gasteiger partial charge in [0.1, 0.15) is 5.54 Å². The van der Waals surface area contributed by atoms with Crippen molar-refractivity contribution in [3.05, 3.63) is 100 Å². The molecule has 12 heteroatoms. The molecule has 2 aliphatic rings. The zero-order valence-electron chi connectivity index (χ0n) is 23.3. The third kappa shape index (κ3) is 4.58. The summed E-state index contributed by atoms with van der Waals surface area (Å²) in [5.74, 6) is -3.55. The lowest BCUT2D eigenvalue weighted by atomic mass is 9.70. The second-order valence-corrected chi connectivity index (χ2v) is 12.1. The molecule has 44 heavy (non-hydrogen) atoms. The first-order chi connectivity index (χ1) is 20.9. The lowest BCUT2D eigenvalue weighted by Gasteiger charge is -2.37. The van der Waals surface area contributed by atoms with Crippen LogP contribution in [0.5, 0.6) is 0 Å². The number of anilines is 1. The maximum absolute atomic E-state index is 14.7. The van der Waals surface area contributed by atoms with E-state index in [4.69, 9.17) is 17.2 Å². The topological polar surface area (TPSA) is 165 Å². The average Bonchev–Trinajstić information content (AvgIpc) is 3.42. The molecule has 9 nitrogen and oxygen atoms in total. The number of thiophene rings is 1. The number of hydrogen-bond donors (Lipinski definition) is 5. The molecule has 1 aliphatic heterocycles. The van der Waals surface area contributed by atoms with Gasteiger partial charge in [0.2, 0.25) is 5.91 Å². The Kier molecular flexibility index (Phi) is 7.33. The first-order valence-electron chi connectivity index (χ1n) is 13.8. The number of benzene rings is 3. The number of β-amino-alcohol motifs (C(OH)–C–C–N with tert-alkyl or cyclic N) is 1. The van der Waals surface area contributed by atoms with E-state index in [1.54, 1.807) is 30.3 Å². The largest absolute Gasteiger partial charge is 0.398 e. The van der Waals surface area contributed by atoms with Crippen molar-refractivity contribution in [1.29, 1.82) is 0 Å². The van der Waals surface area contributed by atoms with Gasteiger partial charge in [-0.1, -0.05) is 43.0 Å². The summed E-state index contributed by atoms with van der Waals surface area (Å²) in [6, 6.07) is 11.5. The highest BCUT2D eigenvalue weighted by molar-refractivity contribution is 7.21. The molecule has 0 saturated carbocycles. The fourth-order valence-corrected chi connectivity index (χ4v) is 7.45. The van der Waals surface area contributed by atoms with E-state index in [-0.39, 0.29) is 41.4 Å². The fraction of sp³-hybridized carbons (Fsp3) is 0.219. The SMILES string of the molecule is C=CC(=O)N1C[C@@H](O)C[C@@H](NC(=O)c2sc3c(N)ccc4c3c2C(N)C(=O)C4(N)c2cccc(-c3cccc(F)c3F)c2)C1. The van der Waals surface area contributed by atoms with Crippen LogP contribution in [0.3, 0.4) is 0 Å². The number of ketones is 1. The first kappa shape index (κ1) is 29.6. The van der Waals surface area contributed by atoms with Gasteiger partial charge in [0.05, 0.1) is 21.7 Å². The minimum Gasteiger partial charge on any atom is -0.398 e. The number of likely N-dealkylation sites (tertiary alicyclic amines) is 1. The molecule has 1 saturated heterocycles. The normalized spacial score (nSPS) is 23.1. The maximum atomic E-state index is 14.7. The second kappa shape index (κ2) is 10.9. The highest BCUT2D eigenvalue weighted by Gasteiger charge is 2.49. The summed E-state index contributed by atoms with van der Waals surface area (Å²) in [7, 11) is 0. The number of nitrogens with zero attached hydrogens (tertiary/aromatic N) is 1. The molecule has 4 atom stereocenters. The van der Waals surface area contributed by atoms with E-state index >= 15 is 0 Å². The molecule has 1 fully saturated rings. The number of carbonyl (C=O) groups excluding carboxylic acids is 3. The molecule has 2 heterocycles. The number of Topliss-reactive ketones (excluding diaryl/α,β-unsaturated/α-hetero) is 1. The molecule has 2 unspecified atom stereocenters. The van der Waals surface area contributed by atoms with Gasteiger partial charge in [0.25, 0.3) is 5.91 Å². The lowest BCUT2D eigenvalue weighted by molar-refractivity contribution is -0.129. The minimum absolute atomic E-state index is 0.00169. The molecule has 0 bridgehead atoms. The quantitative estimate of drug-likeness (QED) is 0.170. The highest BCUT2D eigenvalue weighted by Crippen LogP contribution is 2.49. The molecule has 4 aromatic rings. The van der Waals surface area contributed by atoms with Crippen molar-refractivity contribution < 1.29 is 28.3 Å². The molecule has 0 radical (unpaired) electrons. The van der Waals surface area contributed by atoms with Gasteiger partial charge in [-0.15, -0.1) is 11.3 Å². The van der Waals surface area contributed by atoms with Crippen LogP contribution in [-0.4, -0.2) is 52.8 Å². The van der Waals surface area contributed by atoms with Gasteiger partial charge in [-0.2, -0.15) is 0 Å². The smallest absolute Gasteiger partial charge is 0.262 e. The molecule has 8 N–H and O–H groups in total. The van der Waals surface area contributed by atoms with Gasteiger partial charge in [-0.3, -0.25) is 14.4 Å². The van der Waals surface area contributed by atoms with Crippen molar-refractivity contribution in [2.75, 3.05) is 18.8 Å². The third-order valence-corrected chi connectivity index (χ3v) is 9.60. The van der Waals surface area contributed by atoms with E-state index in [2.05, 4.69) is 11.9 Å². The third-order valence-electron chi connectivity index (χ3n) is 8.35. The van der Waals surface area contributed by atoms with Crippen molar-refractivity contribution in [2.24, 2.45) is 11.5 Å². The predicted octanol–water partition coefficient (Wildman–Crippen LogP) is 3.09. The number of carbonyl (C=O) groups is 3. The Morgan fingerprint density at radius 2 is 1.89 bits per heavy atom. The van der Waals surface area contributed by atoms with Crippen LogP contribution in [0.25, 0.3) is 21.2 Å². The molecule has 6 rings (SSSR count). The summed E-state index contributed by atoms with van der Waals surface area (Å²) in [4.78, 5) is 41.6. The number of aliphatic hydroxyl groups excluding tert-OH is 1. The standard InChI is InChI=1S/C32H29F2N5O4S/c1-2-23(41)39-13-17(12-18(40)14-39)38-31(43)29-25-24-20(9-10-22(35)28(24)44-29)32(37,30(42)27(25)36)16-6-3-5-15(11-16)19-7-4-8-21(33)26(19)34/h2-11,17-18,27,40H,1,12-14,35-37H2,(H,38,43)/t17-,18+,27?,32?/m1/s1. The highest BCUT2D eigenvalue weighted by atomic mass is 32.1. The average molecular weight is 618 g/mol. The second-order valence-electron chi connectivity index (χ2n) is 11.1. The van der Waals surface area contributed by atoms with Crippen molar-refractivity contribution in [1.82, 2.24) is 10.2 Å². The van der Waals surface area contributed by atoms with Gasteiger partial charge >= 0.3 is 0 Å². The number of rotatable bonds is 5. The summed E-state index contributed by atoms with van der Waals surface area (Å²) < 4.78 is 29.2. The van der Waals surface area contributed by atoms with Crippen LogP contribution < -0.4 is 22.5 Å². The number of aliphatic hydroxyl groups is 1. The summed E-state index contributed by atoms with van der Waals surface area (Å²) in [5.41, 5.74) is 19.7. The molecular formula is C32H29F2N5O4S. The lowest BCUT2D eigenvalue weighted by Crippen LogP contribution is -2.54. The first-order valence-corrected chi connectivity index (χ1v) is 14.7. The molecule has 3 aromatic carbocycles. The minimum atomic E-state index is -1.80. The van der Waals surface area contributed by atoms with Crippen LogP contribution in [0.1, 0.15) is 38.8 Å². The Morgan fingerprint density at radius 3 is 2.64 bits per heavy atom. The van der Waals surface area contributed by atoms with E-state index in [0.29, 0.717) is 32.5 Å². The van der Waals surface area contributed by atoms with E-state index in [9.17, 15) is 28.3 Å². The van der Waals surface area contributed by atoms with Crippen LogP contribution in [0.2, 0.25) is 0 Å². The summed E-state index contributed by atoms with van der Waals surface area (Å²) in [5, 5.41) is 13.7. The van der Waals surface area contributed by atoms with Crippen molar-refractivity contribution in [3.63, 3.8) is 0 Å². The molecule has 1 aromatic heterocycles. The zero-order valence-corrected chi connectivity index (χ0v) is 24.2. The number of halogens is 2. The Morgan fingerprint density at radius 1 is 1.14 bits per heavy atom. The summed E-state index contributed by atoms with van der Waals surface area (Å²) in [6.07, 6.45) is 0.518.